The van der Waals surface area contributed by atoms with Crippen LogP contribution in [0, 0.1) is 5.41 Å². The number of ether oxygens (including phenoxy) is 4. The second-order valence-electron chi connectivity index (χ2n) is 14.0. The van der Waals surface area contributed by atoms with Gasteiger partial charge in [-0.1, -0.05) is 95.3 Å². The molecule has 3 atom stereocenters. The molecule has 2 aliphatic heterocycles. The molecule has 0 saturated carbocycles. The Labute approximate surface area is 270 Å². The summed E-state index contributed by atoms with van der Waals surface area (Å²) in [6.45, 7) is 16.7. The van der Waals surface area contributed by atoms with Gasteiger partial charge in [0.15, 0.2) is 5.79 Å². The molecule has 2 aromatic carbocycles. The third-order valence-corrected chi connectivity index (χ3v) is 17.5. The van der Waals surface area contributed by atoms with E-state index in [2.05, 4.69) is 119 Å². The summed E-state index contributed by atoms with van der Waals surface area (Å²) in [5, 5.41) is 2.55. The molecule has 0 aromatic heterocycles. The molecule has 2 heterocycles. The van der Waals surface area contributed by atoms with Crippen LogP contribution in [-0.4, -0.2) is 69.0 Å². The van der Waals surface area contributed by atoms with Gasteiger partial charge in [0.25, 0.3) is 8.32 Å². The Balaban J connectivity index is 1.50. The van der Waals surface area contributed by atoms with Crippen molar-refractivity contribution in [2.24, 2.45) is 5.41 Å². The van der Waals surface area contributed by atoms with E-state index in [0.29, 0.717) is 18.0 Å². The third kappa shape index (κ3) is 8.70. The highest BCUT2D eigenvalue weighted by Gasteiger charge is 2.50. The van der Waals surface area contributed by atoms with Crippen LogP contribution >= 0.6 is 23.5 Å². The summed E-state index contributed by atoms with van der Waals surface area (Å²) in [5.41, 5.74) is -0.0258. The summed E-state index contributed by atoms with van der Waals surface area (Å²) in [7, 11) is -0.899. The highest BCUT2D eigenvalue weighted by Crippen LogP contribution is 2.47. The lowest BCUT2D eigenvalue weighted by Crippen LogP contribution is -2.66. The van der Waals surface area contributed by atoms with Crippen LogP contribution in [0.25, 0.3) is 0 Å². The number of methoxy groups -OCH3 is 1. The molecule has 0 amide bonds. The predicted octanol–water partition coefficient (Wildman–Crippen LogP) is 7.46. The molecular formula is C35H54O5S2Si. The van der Waals surface area contributed by atoms with Crippen LogP contribution in [0.5, 0.6) is 0 Å². The van der Waals surface area contributed by atoms with Crippen molar-refractivity contribution in [1.82, 2.24) is 0 Å². The normalized spacial score (nSPS) is 22.8. The summed E-state index contributed by atoms with van der Waals surface area (Å²) in [4.78, 5) is 0. The fourth-order valence-electron chi connectivity index (χ4n) is 6.69. The van der Waals surface area contributed by atoms with Crippen molar-refractivity contribution >= 4 is 42.2 Å². The van der Waals surface area contributed by atoms with Crippen molar-refractivity contribution in [1.29, 1.82) is 0 Å². The van der Waals surface area contributed by atoms with Crippen molar-refractivity contribution in [3.63, 3.8) is 0 Å². The molecule has 2 aliphatic rings. The molecule has 5 nitrogen and oxygen atoms in total. The van der Waals surface area contributed by atoms with E-state index in [0.717, 1.165) is 19.3 Å². The number of hydrogen-bond acceptors (Lipinski definition) is 7. The summed E-state index contributed by atoms with van der Waals surface area (Å²) in [6.07, 6.45) is 3.81. The quantitative estimate of drug-likeness (QED) is 0.165. The highest BCUT2D eigenvalue weighted by molar-refractivity contribution is 8.17. The zero-order valence-corrected chi connectivity index (χ0v) is 30.2. The van der Waals surface area contributed by atoms with Gasteiger partial charge in [0.1, 0.15) is 6.79 Å². The fraction of sp³-hybridized carbons (Fsp3) is 0.657. The second kappa shape index (κ2) is 15.2. The first kappa shape index (κ1) is 35.0. The van der Waals surface area contributed by atoms with E-state index in [1.54, 1.807) is 7.11 Å². The molecule has 2 saturated heterocycles. The summed E-state index contributed by atoms with van der Waals surface area (Å²) >= 11 is 4.14. The van der Waals surface area contributed by atoms with Gasteiger partial charge in [0.2, 0.25) is 0 Å². The molecular weight excluding hydrogens is 593 g/mol. The van der Waals surface area contributed by atoms with Gasteiger partial charge in [-0.25, -0.2) is 0 Å². The molecule has 4 rings (SSSR count). The van der Waals surface area contributed by atoms with Crippen LogP contribution in [0.3, 0.4) is 0 Å². The van der Waals surface area contributed by atoms with Gasteiger partial charge < -0.3 is 23.4 Å². The first-order valence-electron chi connectivity index (χ1n) is 15.8. The zero-order valence-electron chi connectivity index (χ0n) is 27.6. The largest absolute Gasteiger partial charge is 0.407 e. The molecule has 0 spiro atoms. The van der Waals surface area contributed by atoms with Gasteiger partial charge in [-0.05, 0) is 53.6 Å². The molecule has 0 aliphatic carbocycles. The van der Waals surface area contributed by atoms with Crippen LogP contribution in [0.1, 0.15) is 74.1 Å². The number of hydrogen-bond donors (Lipinski definition) is 0. The number of thioether (sulfide) groups is 2. The number of benzene rings is 2. The lowest BCUT2D eigenvalue weighted by molar-refractivity contribution is -0.306. The molecule has 2 aromatic rings. The fourth-order valence-corrected chi connectivity index (χ4v) is 14.6. The Kier molecular flexibility index (Phi) is 12.3. The SMILES string of the molecule is COCO[C@@H](C[C@@H]1C[C@H](CCO[Si](c2ccccc2)(c2ccccc2)C(C)(C)C)OC(C)(C)O1)C(C)(C)C1SCCCS1. The highest BCUT2D eigenvalue weighted by atomic mass is 32.2. The molecule has 2 fully saturated rings. The van der Waals surface area contributed by atoms with Gasteiger partial charge >= 0.3 is 0 Å². The minimum atomic E-state index is -2.60. The topological polar surface area (TPSA) is 46.2 Å². The Morgan fingerprint density at radius 1 is 0.884 bits per heavy atom. The van der Waals surface area contributed by atoms with Crippen LogP contribution in [0.4, 0.5) is 0 Å². The minimum absolute atomic E-state index is 0.0171. The van der Waals surface area contributed by atoms with E-state index in [1.807, 2.05) is 13.8 Å². The molecule has 240 valence electrons. The van der Waals surface area contributed by atoms with E-state index in [4.69, 9.17) is 23.4 Å². The average molecular weight is 647 g/mol. The van der Waals surface area contributed by atoms with E-state index < -0.39 is 14.1 Å². The summed E-state index contributed by atoms with van der Waals surface area (Å²) < 4.78 is 32.5. The summed E-state index contributed by atoms with van der Waals surface area (Å²) in [6, 6.07) is 21.7. The standard InChI is InChI=1S/C35H54O5S2Si/c1-33(2,3)43(29-16-11-9-12-17-29,30-18-13-10-14-19-30)38-21-20-27-24-28(40-35(6,7)39-27)25-31(37-26-36-8)34(4,5)32-41-22-15-23-42-32/h9-14,16-19,27-28,31-32H,15,20-26H2,1-8H3/t27-,28-,31-/m0/s1. The maximum atomic E-state index is 7.21. The summed E-state index contributed by atoms with van der Waals surface area (Å²) in [5.74, 6) is 1.76. The Morgan fingerprint density at radius 3 is 1.98 bits per heavy atom. The van der Waals surface area contributed by atoms with E-state index in [9.17, 15) is 0 Å². The molecule has 0 N–H and O–H groups in total. The van der Waals surface area contributed by atoms with Crippen molar-refractivity contribution in [2.45, 2.75) is 108 Å². The smallest absolute Gasteiger partial charge is 0.261 e. The van der Waals surface area contributed by atoms with Gasteiger partial charge in [0.05, 0.1) is 22.9 Å². The van der Waals surface area contributed by atoms with Crippen molar-refractivity contribution in [3.8, 4) is 0 Å². The van der Waals surface area contributed by atoms with Crippen molar-refractivity contribution in [2.75, 3.05) is 32.0 Å². The first-order chi connectivity index (χ1) is 20.4. The van der Waals surface area contributed by atoms with E-state index >= 15 is 0 Å². The van der Waals surface area contributed by atoms with E-state index in [1.165, 1.54) is 28.3 Å². The van der Waals surface area contributed by atoms with Gasteiger partial charge in [-0.15, -0.1) is 23.5 Å². The van der Waals surface area contributed by atoms with Crippen LogP contribution < -0.4 is 10.4 Å². The van der Waals surface area contributed by atoms with Crippen LogP contribution in [0.15, 0.2) is 60.7 Å². The average Bonchev–Trinajstić information content (AvgIpc) is 2.97. The molecule has 0 unspecified atom stereocenters. The Morgan fingerprint density at radius 2 is 1.44 bits per heavy atom. The van der Waals surface area contributed by atoms with Crippen LogP contribution in [-0.2, 0) is 23.4 Å². The monoisotopic (exact) mass is 646 g/mol. The first-order valence-corrected chi connectivity index (χ1v) is 19.8. The second-order valence-corrected chi connectivity index (χ2v) is 21.0. The molecule has 43 heavy (non-hydrogen) atoms. The minimum Gasteiger partial charge on any atom is -0.407 e. The van der Waals surface area contributed by atoms with Gasteiger partial charge in [-0.3, -0.25) is 0 Å². The number of rotatable bonds is 13. The predicted molar refractivity (Wildman–Crippen MR) is 185 cm³/mol. The van der Waals surface area contributed by atoms with E-state index in [-0.39, 0.29) is 28.8 Å². The van der Waals surface area contributed by atoms with Gasteiger partial charge in [-0.2, -0.15) is 0 Å². The zero-order chi connectivity index (χ0) is 31.1. The Hall–Kier alpha value is -0.843. The van der Waals surface area contributed by atoms with Crippen molar-refractivity contribution in [3.05, 3.63) is 60.7 Å². The van der Waals surface area contributed by atoms with Crippen LogP contribution in [0.2, 0.25) is 5.04 Å². The lowest BCUT2D eigenvalue weighted by Gasteiger charge is -2.46. The lowest BCUT2D eigenvalue weighted by atomic mass is 9.83. The molecule has 8 heteroatoms. The Bertz CT molecular complexity index is 1060. The molecule has 0 bridgehead atoms. The maximum Gasteiger partial charge on any atom is 0.261 e. The van der Waals surface area contributed by atoms with Gasteiger partial charge in [0, 0.05) is 32.0 Å². The van der Waals surface area contributed by atoms with Crippen molar-refractivity contribution < 1.29 is 23.4 Å². The molecule has 0 radical (unpaired) electrons. The maximum absolute atomic E-state index is 7.21. The third-order valence-electron chi connectivity index (χ3n) is 8.73.